The SMILES string of the molecule is CCCCCCCCCCCCCCCCCCC1CC[N+](C)(C)C12OP(=O)(OC)O2. The third-order valence-corrected chi connectivity index (χ3v) is 8.93. The number of rotatable bonds is 18. The van der Waals surface area contributed by atoms with Crippen LogP contribution in [0.3, 0.4) is 0 Å². The van der Waals surface area contributed by atoms with E-state index in [9.17, 15) is 4.57 Å². The summed E-state index contributed by atoms with van der Waals surface area (Å²) in [6.07, 6.45) is 24.4. The summed E-state index contributed by atoms with van der Waals surface area (Å²) < 4.78 is 29.4. The Balaban J connectivity index is 1.42. The summed E-state index contributed by atoms with van der Waals surface area (Å²) in [6, 6.07) is 0. The lowest BCUT2D eigenvalue weighted by Gasteiger charge is -2.51. The van der Waals surface area contributed by atoms with Crippen LogP contribution in [0.4, 0.5) is 0 Å². The van der Waals surface area contributed by atoms with E-state index in [0.29, 0.717) is 10.4 Å². The molecule has 0 bridgehead atoms. The highest BCUT2D eigenvalue weighted by Crippen LogP contribution is 2.71. The van der Waals surface area contributed by atoms with Gasteiger partial charge in [0, 0.05) is 13.5 Å². The fourth-order valence-corrected chi connectivity index (χ4v) is 6.89. The molecule has 0 aromatic rings. The molecule has 2 rings (SSSR count). The van der Waals surface area contributed by atoms with E-state index < -0.39 is 13.7 Å². The molecule has 6 heteroatoms. The number of likely N-dealkylation sites (tertiary alicyclic amines) is 1. The lowest BCUT2D eigenvalue weighted by Crippen LogP contribution is -2.65. The van der Waals surface area contributed by atoms with E-state index in [-0.39, 0.29) is 0 Å². The van der Waals surface area contributed by atoms with Crippen LogP contribution in [-0.2, 0) is 18.1 Å². The van der Waals surface area contributed by atoms with Crippen LogP contribution in [0.2, 0.25) is 0 Å². The lowest BCUT2D eigenvalue weighted by molar-refractivity contribution is -0.985. The van der Waals surface area contributed by atoms with Crippen LogP contribution in [0.5, 0.6) is 0 Å². The molecule has 31 heavy (non-hydrogen) atoms. The third-order valence-electron chi connectivity index (χ3n) is 7.51. The van der Waals surface area contributed by atoms with Crippen molar-refractivity contribution in [2.24, 2.45) is 5.92 Å². The molecule has 0 aromatic carbocycles. The molecular weight excluding hydrogens is 409 g/mol. The van der Waals surface area contributed by atoms with Gasteiger partial charge in [0.15, 0.2) is 0 Å². The molecule has 5 nitrogen and oxygen atoms in total. The van der Waals surface area contributed by atoms with Crippen LogP contribution in [0, 0.1) is 5.92 Å². The second-order valence-corrected chi connectivity index (χ2v) is 12.1. The van der Waals surface area contributed by atoms with Gasteiger partial charge in [-0.2, -0.15) is 0 Å². The Bertz CT molecular complexity index is 530. The molecule has 184 valence electrons. The van der Waals surface area contributed by atoms with Gasteiger partial charge >= 0.3 is 13.7 Å². The fourth-order valence-electron chi connectivity index (χ4n) is 5.35. The Morgan fingerprint density at radius 1 is 0.806 bits per heavy atom. The Kier molecular flexibility index (Phi) is 12.1. The minimum atomic E-state index is -3.30. The minimum Gasteiger partial charge on any atom is -0.290 e. The maximum Gasteiger partial charge on any atom is 0.488 e. The van der Waals surface area contributed by atoms with Crippen molar-refractivity contribution in [3.05, 3.63) is 0 Å². The summed E-state index contributed by atoms with van der Waals surface area (Å²) in [5.41, 5.74) is 0. The van der Waals surface area contributed by atoms with Crippen LogP contribution in [0.1, 0.15) is 122 Å². The number of phosphoric acid groups is 1. The Morgan fingerprint density at radius 3 is 1.65 bits per heavy atom. The lowest BCUT2D eigenvalue weighted by atomic mass is 9.96. The van der Waals surface area contributed by atoms with Gasteiger partial charge in [0.25, 0.3) is 0 Å². The number of unbranched alkanes of at least 4 members (excludes halogenated alkanes) is 15. The maximum absolute atomic E-state index is 12.2. The van der Waals surface area contributed by atoms with E-state index in [2.05, 4.69) is 21.0 Å². The highest BCUT2D eigenvalue weighted by Gasteiger charge is 2.73. The van der Waals surface area contributed by atoms with E-state index in [1.165, 1.54) is 110 Å². The quantitative estimate of drug-likeness (QED) is 0.117. The standard InChI is InChI=1S/C25H51NO4P/c1-5-6-7-8-9-10-11-12-13-14-15-16-17-18-19-20-21-24-22-23-26(2,3)25(24)29-31(27,28-4)30-25/h24H,5-23H2,1-4H3/q+1. The minimum absolute atomic E-state index is 0.311. The summed E-state index contributed by atoms with van der Waals surface area (Å²) in [4.78, 5) is 0. The van der Waals surface area contributed by atoms with Gasteiger partial charge in [-0.1, -0.05) is 110 Å². The van der Waals surface area contributed by atoms with Crippen molar-refractivity contribution in [3.8, 4) is 0 Å². The number of hydrogen-bond donors (Lipinski definition) is 0. The van der Waals surface area contributed by atoms with E-state index in [1.807, 2.05) is 0 Å². The molecule has 1 atom stereocenters. The first-order valence-electron chi connectivity index (χ1n) is 13.3. The number of nitrogens with zero attached hydrogens (tertiary/aromatic N) is 1. The average molecular weight is 461 g/mol. The van der Waals surface area contributed by atoms with Gasteiger partial charge in [0.1, 0.15) is 0 Å². The summed E-state index contributed by atoms with van der Waals surface area (Å²) >= 11 is 0. The molecule has 2 aliphatic rings. The monoisotopic (exact) mass is 460 g/mol. The van der Waals surface area contributed by atoms with Crippen molar-refractivity contribution in [1.29, 1.82) is 0 Å². The van der Waals surface area contributed by atoms with Crippen molar-refractivity contribution >= 4 is 7.82 Å². The molecule has 0 radical (unpaired) electrons. The van der Waals surface area contributed by atoms with Gasteiger partial charge in [-0.25, -0.2) is 13.6 Å². The van der Waals surface area contributed by atoms with E-state index >= 15 is 0 Å². The zero-order valence-corrected chi connectivity index (χ0v) is 21.9. The van der Waals surface area contributed by atoms with Gasteiger partial charge in [-0.15, -0.1) is 0 Å². The Hall–Kier alpha value is 0.0700. The fraction of sp³-hybridized carbons (Fsp3) is 1.00. The van der Waals surface area contributed by atoms with Crippen LogP contribution in [0.15, 0.2) is 0 Å². The normalized spacial score (nSPS) is 29.5. The van der Waals surface area contributed by atoms with Gasteiger partial charge in [-0.05, 0) is 6.42 Å². The van der Waals surface area contributed by atoms with E-state index in [0.717, 1.165) is 19.4 Å². The predicted octanol–water partition coefficient (Wildman–Crippen LogP) is 8.19. The topological polar surface area (TPSA) is 44.8 Å². The van der Waals surface area contributed by atoms with Crippen molar-refractivity contribution in [1.82, 2.24) is 0 Å². The van der Waals surface area contributed by atoms with E-state index in [4.69, 9.17) is 13.6 Å². The van der Waals surface area contributed by atoms with E-state index in [1.54, 1.807) is 0 Å². The predicted molar refractivity (Wildman–Crippen MR) is 129 cm³/mol. The molecule has 2 saturated heterocycles. The molecular formula is C25H51NO4P+. The Morgan fingerprint density at radius 2 is 1.23 bits per heavy atom. The van der Waals surface area contributed by atoms with Gasteiger partial charge < -0.3 is 0 Å². The molecule has 1 spiro atoms. The molecule has 0 aliphatic carbocycles. The third kappa shape index (κ3) is 8.10. The Labute approximate surface area is 192 Å². The number of phosphoric ester groups is 1. The first kappa shape index (κ1) is 27.3. The molecule has 2 fully saturated rings. The van der Waals surface area contributed by atoms with Gasteiger partial charge in [0.05, 0.1) is 26.6 Å². The van der Waals surface area contributed by atoms with Crippen LogP contribution < -0.4 is 0 Å². The van der Waals surface area contributed by atoms with Crippen LogP contribution in [0.25, 0.3) is 0 Å². The molecule has 0 amide bonds. The second-order valence-electron chi connectivity index (χ2n) is 10.4. The van der Waals surface area contributed by atoms with Crippen molar-refractivity contribution in [2.45, 2.75) is 128 Å². The average Bonchev–Trinajstić information content (AvgIpc) is 2.97. The summed E-state index contributed by atoms with van der Waals surface area (Å²) in [5.74, 6) is -0.438. The summed E-state index contributed by atoms with van der Waals surface area (Å²) in [6.45, 7) is 3.28. The first-order chi connectivity index (χ1) is 14.9. The molecule has 0 saturated carbocycles. The highest BCUT2D eigenvalue weighted by atomic mass is 31.2. The van der Waals surface area contributed by atoms with Crippen molar-refractivity contribution in [3.63, 3.8) is 0 Å². The molecule has 1 unspecified atom stereocenters. The largest absolute Gasteiger partial charge is 0.488 e. The van der Waals surface area contributed by atoms with Crippen molar-refractivity contribution in [2.75, 3.05) is 27.7 Å². The molecule has 2 heterocycles. The van der Waals surface area contributed by atoms with Crippen molar-refractivity contribution < 1.29 is 22.6 Å². The smallest absolute Gasteiger partial charge is 0.290 e. The zero-order valence-electron chi connectivity index (χ0n) is 21.0. The van der Waals surface area contributed by atoms with Gasteiger partial charge in [0.2, 0.25) is 0 Å². The second kappa shape index (κ2) is 13.7. The van der Waals surface area contributed by atoms with Gasteiger partial charge in [-0.3, -0.25) is 9.01 Å². The number of quaternary nitrogens is 1. The zero-order chi connectivity index (χ0) is 22.6. The maximum atomic E-state index is 12.2. The van der Waals surface area contributed by atoms with Crippen LogP contribution >= 0.6 is 7.82 Å². The molecule has 0 N–H and O–H groups in total. The summed E-state index contributed by atoms with van der Waals surface area (Å²) in [5, 5.41) is 0. The van der Waals surface area contributed by atoms with Crippen LogP contribution in [-0.4, -0.2) is 38.1 Å². The number of hydrogen-bond acceptors (Lipinski definition) is 4. The first-order valence-corrected chi connectivity index (χ1v) is 14.8. The highest BCUT2D eigenvalue weighted by molar-refractivity contribution is 7.49. The molecule has 0 aromatic heterocycles. The molecule has 2 aliphatic heterocycles. The summed E-state index contributed by atoms with van der Waals surface area (Å²) in [7, 11) is 2.31.